The molecule has 3 N–H and O–H groups in total. The van der Waals surface area contributed by atoms with Gasteiger partial charge in [0.1, 0.15) is 12.1 Å². The molecule has 3 rings (SSSR count). The maximum atomic E-state index is 13.8. The molecule has 1 saturated heterocycles. The van der Waals surface area contributed by atoms with Crippen LogP contribution in [0, 0.1) is 23.7 Å². The van der Waals surface area contributed by atoms with Gasteiger partial charge in [0.25, 0.3) is 0 Å². The van der Waals surface area contributed by atoms with Crippen LogP contribution in [0.3, 0.4) is 0 Å². The highest BCUT2D eigenvalue weighted by Gasteiger charge is 2.44. The first-order chi connectivity index (χ1) is 18.9. The van der Waals surface area contributed by atoms with Gasteiger partial charge >= 0.3 is 0 Å². The number of carbonyl (C=O) groups excluding carboxylic acids is 3. The lowest BCUT2D eigenvalue weighted by molar-refractivity contribution is -0.144. The number of likely N-dealkylation sites (tertiary alicyclic amines) is 1. The third-order valence-corrected chi connectivity index (χ3v) is 8.46. The Kier molecular flexibility index (Phi) is 10.1. The van der Waals surface area contributed by atoms with Gasteiger partial charge in [-0.15, -0.1) is 11.3 Å². The molecule has 0 radical (unpaired) electrons. The van der Waals surface area contributed by atoms with Crippen LogP contribution in [-0.4, -0.2) is 57.4 Å². The van der Waals surface area contributed by atoms with Crippen molar-refractivity contribution in [2.75, 3.05) is 6.54 Å². The second-order valence-corrected chi connectivity index (χ2v) is 14.9. The monoisotopic (exact) mass is 584 g/mol. The number of rotatable bonds is 8. The smallest absolute Gasteiger partial charge is 0.246 e. The van der Waals surface area contributed by atoms with Crippen LogP contribution >= 0.6 is 11.3 Å². The molecule has 3 amide bonds. The van der Waals surface area contributed by atoms with Gasteiger partial charge < -0.3 is 20.6 Å². The molecule has 1 aliphatic heterocycles. The Labute approximate surface area is 249 Å². The first kappa shape index (κ1) is 32.7. The highest BCUT2D eigenvalue weighted by atomic mass is 32.1. The lowest BCUT2D eigenvalue weighted by Crippen LogP contribution is -2.58. The summed E-state index contributed by atoms with van der Waals surface area (Å²) < 4.78 is 0. The number of hydrogen-bond donors (Lipinski definition) is 3. The molecule has 0 spiro atoms. The maximum absolute atomic E-state index is 13.8. The molecule has 0 bridgehead atoms. The zero-order valence-electron chi connectivity index (χ0n) is 26.3. The van der Waals surface area contributed by atoms with Crippen LogP contribution in [-0.2, 0) is 20.8 Å². The van der Waals surface area contributed by atoms with Crippen molar-refractivity contribution < 1.29 is 19.5 Å². The number of benzene rings is 1. The summed E-state index contributed by atoms with van der Waals surface area (Å²) in [5, 5.41) is 16.5. The molecule has 4 atom stereocenters. The van der Waals surface area contributed by atoms with E-state index < -0.39 is 23.6 Å². The Morgan fingerprint density at radius 2 is 1.76 bits per heavy atom. The highest BCUT2D eigenvalue weighted by molar-refractivity contribution is 7.13. The third-order valence-electron chi connectivity index (χ3n) is 7.49. The van der Waals surface area contributed by atoms with E-state index in [1.807, 2.05) is 40.1 Å². The molecular formula is C32H48N4O4S. The van der Waals surface area contributed by atoms with Gasteiger partial charge in [0.05, 0.1) is 28.2 Å². The van der Waals surface area contributed by atoms with Crippen LogP contribution in [0.1, 0.15) is 91.6 Å². The lowest BCUT2D eigenvalue weighted by Gasteiger charge is -2.36. The largest absolute Gasteiger partial charge is 0.391 e. The molecular weight excluding hydrogens is 536 g/mol. The molecule has 0 saturated carbocycles. The Hall–Kier alpha value is -2.78. The molecule has 226 valence electrons. The van der Waals surface area contributed by atoms with E-state index in [0.29, 0.717) is 0 Å². The molecule has 2 aromatic rings. The molecule has 2 heterocycles. The van der Waals surface area contributed by atoms with Crippen molar-refractivity contribution >= 4 is 29.1 Å². The van der Waals surface area contributed by atoms with Crippen molar-refractivity contribution in [3.63, 3.8) is 0 Å². The Bertz CT molecular complexity index is 1260. The number of aliphatic hydroxyl groups is 1. The summed E-state index contributed by atoms with van der Waals surface area (Å²) in [5.41, 5.74) is 5.58. The molecule has 0 aliphatic carbocycles. The zero-order valence-corrected chi connectivity index (χ0v) is 27.1. The molecule has 1 aromatic carbocycles. The normalized spacial score (nSPS) is 19.3. The Balaban J connectivity index is 1.87. The van der Waals surface area contributed by atoms with Crippen molar-refractivity contribution in [1.29, 1.82) is 0 Å². The highest BCUT2D eigenvalue weighted by Crippen LogP contribution is 2.34. The fourth-order valence-electron chi connectivity index (χ4n) is 5.29. The maximum Gasteiger partial charge on any atom is 0.246 e. The van der Waals surface area contributed by atoms with Crippen molar-refractivity contribution in [1.82, 2.24) is 20.5 Å². The minimum absolute atomic E-state index is 0.0288. The van der Waals surface area contributed by atoms with Crippen LogP contribution in [0.25, 0.3) is 10.4 Å². The summed E-state index contributed by atoms with van der Waals surface area (Å²) >= 11 is 1.61. The van der Waals surface area contributed by atoms with Gasteiger partial charge in [0.15, 0.2) is 0 Å². The topological polar surface area (TPSA) is 112 Å². The fraction of sp³-hybridized carbons (Fsp3) is 0.625. The summed E-state index contributed by atoms with van der Waals surface area (Å²) in [6.45, 7) is 19.8. The Morgan fingerprint density at radius 3 is 2.29 bits per heavy atom. The number of β-amino-alcohol motifs (C(OH)–C–C–N with tert-alkyl or cyclic N) is 1. The Morgan fingerprint density at radius 1 is 1.10 bits per heavy atom. The molecule has 1 aromatic heterocycles. The van der Waals surface area contributed by atoms with E-state index in [0.717, 1.165) is 33.7 Å². The van der Waals surface area contributed by atoms with Gasteiger partial charge in [-0.3, -0.25) is 14.4 Å². The lowest BCUT2D eigenvalue weighted by atomic mass is 9.84. The molecule has 1 fully saturated rings. The number of amides is 3. The number of nitrogens with one attached hydrogen (secondary N) is 2. The predicted octanol–water partition coefficient (Wildman–Crippen LogP) is 5.03. The number of aryl methyl sites for hydroxylation is 1. The summed E-state index contributed by atoms with van der Waals surface area (Å²) in [5.74, 6) is -1.18. The molecule has 1 unspecified atom stereocenters. The average molecular weight is 585 g/mol. The van der Waals surface area contributed by atoms with Crippen LogP contribution in [0.4, 0.5) is 0 Å². The van der Waals surface area contributed by atoms with E-state index in [4.69, 9.17) is 0 Å². The number of nitrogens with zero attached hydrogens (tertiary/aromatic N) is 2. The van der Waals surface area contributed by atoms with E-state index in [1.54, 1.807) is 25.2 Å². The minimum Gasteiger partial charge on any atom is -0.391 e. The standard InChI is InChI=1S/C32H48N4O4S/c1-18(2)28(38)35-27(32(8,9)10)30(40)36-16-23(37)14-25(36)29(39)34-19(3)24-12-11-21(26-20(4)33-17-41-26)13-22(24)15-31(5,6)7/h11-13,17-19,23,25,27,37H,14-16H2,1-10H3,(H,34,39)(H,35,38)/t19-,23+,25?,27+/m0/s1. The van der Waals surface area contributed by atoms with Crippen molar-refractivity contribution in [3.8, 4) is 10.4 Å². The van der Waals surface area contributed by atoms with Crippen molar-refractivity contribution in [3.05, 3.63) is 40.5 Å². The first-order valence-electron chi connectivity index (χ1n) is 14.5. The molecule has 1 aliphatic rings. The van der Waals surface area contributed by atoms with E-state index >= 15 is 0 Å². The predicted molar refractivity (Wildman–Crippen MR) is 164 cm³/mol. The summed E-state index contributed by atoms with van der Waals surface area (Å²) in [4.78, 5) is 47.0. The third kappa shape index (κ3) is 8.16. The van der Waals surface area contributed by atoms with E-state index in [1.165, 1.54) is 4.90 Å². The van der Waals surface area contributed by atoms with Gasteiger partial charge in [-0.25, -0.2) is 4.98 Å². The summed E-state index contributed by atoms with van der Waals surface area (Å²) in [6.07, 6.45) is 0.159. The quantitative estimate of drug-likeness (QED) is 0.403. The van der Waals surface area contributed by atoms with Gasteiger partial charge in [-0.1, -0.05) is 67.5 Å². The van der Waals surface area contributed by atoms with E-state index in [9.17, 15) is 19.5 Å². The van der Waals surface area contributed by atoms with Crippen LogP contribution < -0.4 is 10.6 Å². The van der Waals surface area contributed by atoms with Crippen LogP contribution in [0.15, 0.2) is 23.7 Å². The molecule has 41 heavy (non-hydrogen) atoms. The zero-order chi connectivity index (χ0) is 30.9. The SMILES string of the molecule is Cc1ncsc1-c1ccc([C@H](C)NC(=O)C2C[C@@H](O)CN2C(=O)[C@@H](NC(=O)C(C)C)C(C)(C)C)c(CC(C)(C)C)c1. The van der Waals surface area contributed by atoms with Crippen LogP contribution in [0.2, 0.25) is 0 Å². The number of aliphatic hydroxyl groups excluding tert-OH is 1. The van der Waals surface area contributed by atoms with Gasteiger partial charge in [-0.05, 0) is 53.9 Å². The molecule has 8 nitrogen and oxygen atoms in total. The summed E-state index contributed by atoms with van der Waals surface area (Å²) in [7, 11) is 0. The number of thiazole rings is 1. The first-order valence-corrected chi connectivity index (χ1v) is 15.4. The number of hydrogen-bond acceptors (Lipinski definition) is 6. The number of aromatic nitrogens is 1. The summed E-state index contributed by atoms with van der Waals surface area (Å²) in [6, 6.07) is 4.38. The number of carbonyl (C=O) groups is 3. The minimum atomic E-state index is -0.828. The van der Waals surface area contributed by atoms with Gasteiger partial charge in [0.2, 0.25) is 17.7 Å². The van der Waals surface area contributed by atoms with Gasteiger partial charge in [-0.2, -0.15) is 0 Å². The average Bonchev–Trinajstić information content (AvgIpc) is 3.45. The fourth-order valence-corrected chi connectivity index (χ4v) is 6.09. The second kappa shape index (κ2) is 12.6. The second-order valence-electron chi connectivity index (χ2n) is 14.0. The van der Waals surface area contributed by atoms with Gasteiger partial charge in [0, 0.05) is 18.9 Å². The van der Waals surface area contributed by atoms with E-state index in [-0.39, 0.29) is 48.1 Å². The van der Waals surface area contributed by atoms with Crippen molar-refractivity contribution in [2.45, 2.75) is 106 Å². The van der Waals surface area contributed by atoms with Crippen LogP contribution in [0.5, 0.6) is 0 Å². The van der Waals surface area contributed by atoms with Crippen molar-refractivity contribution in [2.24, 2.45) is 16.7 Å². The van der Waals surface area contributed by atoms with E-state index in [2.05, 4.69) is 54.6 Å². The molecule has 9 heteroatoms.